The summed E-state index contributed by atoms with van der Waals surface area (Å²) in [6.45, 7) is 1.14. The fourth-order valence-corrected chi connectivity index (χ4v) is 2.46. The molecular formula is C14H21ClN2. The second kappa shape index (κ2) is 6.77. The molecule has 0 aromatic carbocycles. The van der Waals surface area contributed by atoms with Gasteiger partial charge in [-0.05, 0) is 56.5 Å². The van der Waals surface area contributed by atoms with E-state index in [1.54, 1.807) is 0 Å². The Labute approximate surface area is 110 Å². The van der Waals surface area contributed by atoms with E-state index in [0.717, 1.165) is 6.54 Å². The summed E-state index contributed by atoms with van der Waals surface area (Å²) in [7, 11) is 4.30. The molecule has 0 amide bonds. The molecule has 2 rings (SSSR count). The zero-order valence-corrected chi connectivity index (χ0v) is 11.4. The second-order valence-electron chi connectivity index (χ2n) is 4.79. The minimum absolute atomic E-state index is 0. The van der Waals surface area contributed by atoms with Crippen molar-refractivity contribution < 1.29 is 0 Å². The van der Waals surface area contributed by atoms with E-state index < -0.39 is 0 Å². The van der Waals surface area contributed by atoms with Gasteiger partial charge in [-0.1, -0.05) is 12.1 Å². The van der Waals surface area contributed by atoms with Crippen LogP contribution in [-0.4, -0.2) is 30.5 Å². The molecule has 0 saturated carbocycles. The molecule has 3 heteroatoms. The van der Waals surface area contributed by atoms with Gasteiger partial charge in [-0.2, -0.15) is 0 Å². The summed E-state index contributed by atoms with van der Waals surface area (Å²) in [5.74, 6) is 0.674. The summed E-state index contributed by atoms with van der Waals surface area (Å²) in [5, 5.41) is 0. The smallest absolute Gasteiger partial charge is 0.0343 e. The van der Waals surface area contributed by atoms with Gasteiger partial charge in [0.15, 0.2) is 0 Å². The van der Waals surface area contributed by atoms with Crippen LogP contribution in [-0.2, 0) is 0 Å². The van der Waals surface area contributed by atoms with Gasteiger partial charge in [0.05, 0.1) is 0 Å². The van der Waals surface area contributed by atoms with Crippen molar-refractivity contribution in [3.63, 3.8) is 0 Å². The molecule has 1 atom stereocenters. The Bertz CT molecular complexity index is 360. The highest BCUT2D eigenvalue weighted by Crippen LogP contribution is 2.32. The van der Waals surface area contributed by atoms with Crippen LogP contribution in [0.5, 0.6) is 0 Å². The van der Waals surface area contributed by atoms with Crippen LogP contribution in [0.15, 0.2) is 30.6 Å². The fourth-order valence-electron chi connectivity index (χ4n) is 2.46. The minimum Gasteiger partial charge on any atom is -0.309 e. The van der Waals surface area contributed by atoms with Gasteiger partial charge in [-0.3, -0.25) is 4.98 Å². The van der Waals surface area contributed by atoms with Crippen molar-refractivity contribution in [3.05, 3.63) is 36.2 Å². The third-order valence-electron chi connectivity index (χ3n) is 3.14. The Morgan fingerprint density at radius 2 is 2.24 bits per heavy atom. The van der Waals surface area contributed by atoms with Crippen LogP contribution in [0.2, 0.25) is 0 Å². The summed E-state index contributed by atoms with van der Waals surface area (Å²) in [6, 6.07) is 4.20. The van der Waals surface area contributed by atoms with Crippen LogP contribution in [0.4, 0.5) is 0 Å². The molecule has 1 heterocycles. The average molecular weight is 253 g/mol. The molecule has 17 heavy (non-hydrogen) atoms. The maximum absolute atomic E-state index is 4.22. The molecule has 1 aliphatic rings. The fraction of sp³-hybridized carbons (Fsp3) is 0.500. The van der Waals surface area contributed by atoms with Crippen LogP contribution >= 0.6 is 12.4 Å². The molecule has 0 spiro atoms. The lowest BCUT2D eigenvalue weighted by Crippen LogP contribution is -2.24. The summed E-state index contributed by atoms with van der Waals surface area (Å²) >= 11 is 0. The molecule has 0 radical (unpaired) electrons. The Hall–Kier alpha value is -0.860. The molecule has 1 unspecified atom stereocenters. The first-order valence-corrected chi connectivity index (χ1v) is 6.02. The zero-order valence-electron chi connectivity index (χ0n) is 10.6. The molecule has 1 aromatic rings. The molecule has 94 valence electrons. The lowest BCUT2D eigenvalue weighted by molar-refractivity contribution is 0.346. The van der Waals surface area contributed by atoms with Crippen molar-refractivity contribution in [3.8, 4) is 0 Å². The molecule has 0 fully saturated rings. The summed E-state index contributed by atoms with van der Waals surface area (Å²) in [4.78, 5) is 6.50. The van der Waals surface area contributed by atoms with Gasteiger partial charge in [0.25, 0.3) is 0 Å². The molecule has 1 aliphatic carbocycles. The highest BCUT2D eigenvalue weighted by Gasteiger charge is 2.19. The highest BCUT2D eigenvalue weighted by atomic mass is 35.5. The Kier molecular flexibility index (Phi) is 5.66. The number of rotatable bonds is 3. The molecule has 0 aliphatic heterocycles. The van der Waals surface area contributed by atoms with Crippen LogP contribution in [0.3, 0.4) is 0 Å². The zero-order chi connectivity index (χ0) is 11.4. The van der Waals surface area contributed by atoms with Crippen molar-refractivity contribution in [1.82, 2.24) is 9.88 Å². The number of hydrogen-bond acceptors (Lipinski definition) is 2. The third kappa shape index (κ3) is 3.83. The third-order valence-corrected chi connectivity index (χ3v) is 3.14. The molecule has 0 bridgehead atoms. The average Bonchev–Trinajstić information content (AvgIpc) is 2.30. The van der Waals surface area contributed by atoms with E-state index in [0.29, 0.717) is 5.92 Å². The van der Waals surface area contributed by atoms with E-state index in [9.17, 15) is 0 Å². The van der Waals surface area contributed by atoms with Gasteiger partial charge in [0.1, 0.15) is 0 Å². The standard InChI is InChI=1S/C14H20N2.ClH/c1-16(2)11-13-6-3-4-8-14(13)12-7-5-9-15-10-12;/h5,7-10,13H,3-4,6,11H2,1-2H3;1H. The lowest BCUT2D eigenvalue weighted by Gasteiger charge is -2.27. The first kappa shape index (κ1) is 14.2. The van der Waals surface area contributed by atoms with Gasteiger partial charge in [-0.15, -0.1) is 12.4 Å². The van der Waals surface area contributed by atoms with E-state index in [1.165, 1.54) is 30.4 Å². The largest absolute Gasteiger partial charge is 0.309 e. The molecule has 1 aromatic heterocycles. The maximum atomic E-state index is 4.22. The van der Waals surface area contributed by atoms with E-state index >= 15 is 0 Å². The van der Waals surface area contributed by atoms with E-state index in [4.69, 9.17) is 0 Å². The summed E-state index contributed by atoms with van der Waals surface area (Å²) in [6.07, 6.45) is 10.1. The summed E-state index contributed by atoms with van der Waals surface area (Å²) in [5.41, 5.74) is 2.79. The molecule has 0 saturated heterocycles. The molecule has 2 nitrogen and oxygen atoms in total. The number of halogens is 1. The van der Waals surface area contributed by atoms with Crippen molar-refractivity contribution >= 4 is 18.0 Å². The van der Waals surface area contributed by atoms with Gasteiger partial charge in [0.2, 0.25) is 0 Å². The monoisotopic (exact) mass is 252 g/mol. The number of nitrogens with zero attached hydrogens (tertiary/aromatic N) is 2. The van der Waals surface area contributed by atoms with Crippen molar-refractivity contribution in [2.45, 2.75) is 19.3 Å². The Morgan fingerprint density at radius 3 is 2.88 bits per heavy atom. The number of hydrogen-bond donors (Lipinski definition) is 0. The minimum atomic E-state index is 0. The Morgan fingerprint density at radius 1 is 1.41 bits per heavy atom. The predicted molar refractivity (Wildman–Crippen MR) is 75.4 cm³/mol. The quantitative estimate of drug-likeness (QED) is 0.821. The first-order chi connectivity index (χ1) is 7.77. The predicted octanol–water partition coefficient (Wildman–Crippen LogP) is 3.25. The van der Waals surface area contributed by atoms with Crippen LogP contribution in [0, 0.1) is 5.92 Å². The highest BCUT2D eigenvalue weighted by molar-refractivity contribution is 5.85. The topological polar surface area (TPSA) is 16.1 Å². The maximum Gasteiger partial charge on any atom is 0.0343 e. The lowest BCUT2D eigenvalue weighted by atomic mass is 9.84. The second-order valence-corrected chi connectivity index (χ2v) is 4.79. The Balaban J connectivity index is 0.00000144. The number of aromatic nitrogens is 1. The normalized spacial score (nSPS) is 19.7. The van der Waals surface area contributed by atoms with Gasteiger partial charge in [0, 0.05) is 18.9 Å². The summed E-state index contributed by atoms with van der Waals surface area (Å²) < 4.78 is 0. The first-order valence-electron chi connectivity index (χ1n) is 6.02. The van der Waals surface area contributed by atoms with Gasteiger partial charge in [-0.25, -0.2) is 0 Å². The SMILES string of the molecule is CN(C)CC1CCCC=C1c1cccnc1.Cl. The van der Waals surface area contributed by atoms with Gasteiger partial charge >= 0.3 is 0 Å². The molecular weight excluding hydrogens is 232 g/mol. The van der Waals surface area contributed by atoms with Crippen LogP contribution < -0.4 is 0 Å². The van der Waals surface area contributed by atoms with E-state index in [1.807, 2.05) is 18.5 Å². The van der Waals surface area contributed by atoms with Crippen molar-refractivity contribution in [2.75, 3.05) is 20.6 Å². The van der Waals surface area contributed by atoms with Crippen molar-refractivity contribution in [1.29, 1.82) is 0 Å². The van der Waals surface area contributed by atoms with E-state index in [-0.39, 0.29) is 12.4 Å². The number of pyridine rings is 1. The van der Waals surface area contributed by atoms with Crippen LogP contribution in [0.1, 0.15) is 24.8 Å². The van der Waals surface area contributed by atoms with E-state index in [2.05, 4.69) is 36.1 Å². The number of allylic oxidation sites excluding steroid dienone is 1. The van der Waals surface area contributed by atoms with Gasteiger partial charge < -0.3 is 4.90 Å². The van der Waals surface area contributed by atoms with Crippen LogP contribution in [0.25, 0.3) is 5.57 Å². The van der Waals surface area contributed by atoms with Crippen molar-refractivity contribution in [2.24, 2.45) is 5.92 Å². The molecule has 0 N–H and O–H groups in total.